The summed E-state index contributed by atoms with van der Waals surface area (Å²) in [4.78, 5) is 36.1. The van der Waals surface area contributed by atoms with E-state index >= 15 is 0 Å². The van der Waals surface area contributed by atoms with Gasteiger partial charge in [-0.25, -0.2) is 0 Å². The van der Waals surface area contributed by atoms with Crippen LogP contribution in [0.1, 0.15) is 36.2 Å². The maximum Gasteiger partial charge on any atom is 0.323 e. The molecule has 0 spiro atoms. The molecule has 0 aliphatic heterocycles. The Kier molecular flexibility index (Phi) is 7.25. The predicted octanol–water partition coefficient (Wildman–Crippen LogP) is 1.55. The third-order valence-corrected chi connectivity index (χ3v) is 3.31. The topological polar surface area (TPSA) is 86.7 Å². The first kappa shape index (κ1) is 18.7. The molecule has 0 saturated carbocycles. The van der Waals surface area contributed by atoms with Gasteiger partial charge in [-0.15, -0.1) is 0 Å². The van der Waals surface area contributed by atoms with Crippen molar-refractivity contribution < 1.29 is 19.5 Å². The van der Waals surface area contributed by atoms with Crippen molar-refractivity contribution in [3.63, 3.8) is 0 Å². The van der Waals surface area contributed by atoms with Crippen LogP contribution in [0.15, 0.2) is 24.3 Å². The molecule has 0 bridgehead atoms. The third-order valence-electron chi connectivity index (χ3n) is 3.31. The van der Waals surface area contributed by atoms with Gasteiger partial charge in [0.2, 0.25) is 5.91 Å². The van der Waals surface area contributed by atoms with Gasteiger partial charge < -0.3 is 15.3 Å². The molecule has 2 amide bonds. The normalized spacial score (nSPS) is 10.4. The van der Waals surface area contributed by atoms with E-state index in [2.05, 4.69) is 5.32 Å². The lowest BCUT2D eigenvalue weighted by atomic mass is 10.1. The van der Waals surface area contributed by atoms with Crippen molar-refractivity contribution in [2.24, 2.45) is 5.92 Å². The van der Waals surface area contributed by atoms with Crippen LogP contribution >= 0.6 is 0 Å². The van der Waals surface area contributed by atoms with Crippen LogP contribution in [0.25, 0.3) is 0 Å². The van der Waals surface area contributed by atoms with E-state index in [1.165, 1.54) is 4.90 Å². The minimum Gasteiger partial charge on any atom is -0.480 e. The molecular formula is C17H24N2O4. The predicted molar refractivity (Wildman–Crippen MR) is 87.2 cm³/mol. The fourth-order valence-electron chi connectivity index (χ4n) is 2.28. The molecule has 6 heteroatoms. The van der Waals surface area contributed by atoms with Crippen molar-refractivity contribution in [1.82, 2.24) is 10.2 Å². The van der Waals surface area contributed by atoms with Crippen LogP contribution in [0.3, 0.4) is 0 Å². The Hall–Kier alpha value is -2.37. The number of carbonyl (C=O) groups excluding carboxylic acids is 2. The first-order chi connectivity index (χ1) is 10.8. The van der Waals surface area contributed by atoms with Crippen LogP contribution in [0.5, 0.6) is 0 Å². The minimum atomic E-state index is -1.01. The molecule has 2 N–H and O–H groups in total. The van der Waals surface area contributed by atoms with Crippen LogP contribution in [-0.4, -0.2) is 47.9 Å². The zero-order valence-electron chi connectivity index (χ0n) is 13.8. The zero-order chi connectivity index (χ0) is 17.4. The Morgan fingerprint density at radius 2 is 1.96 bits per heavy atom. The average molecular weight is 320 g/mol. The fourth-order valence-corrected chi connectivity index (χ4v) is 2.28. The van der Waals surface area contributed by atoms with Gasteiger partial charge in [-0.3, -0.25) is 14.4 Å². The summed E-state index contributed by atoms with van der Waals surface area (Å²) in [6.07, 6.45) is 0.690. The van der Waals surface area contributed by atoms with Crippen LogP contribution < -0.4 is 5.32 Å². The molecule has 6 nitrogen and oxygen atoms in total. The highest BCUT2D eigenvalue weighted by Gasteiger charge is 2.17. The second kappa shape index (κ2) is 8.92. The molecule has 0 heterocycles. The van der Waals surface area contributed by atoms with E-state index in [9.17, 15) is 14.4 Å². The highest BCUT2D eigenvalue weighted by atomic mass is 16.4. The first-order valence-electron chi connectivity index (χ1n) is 7.64. The molecule has 23 heavy (non-hydrogen) atoms. The molecule has 1 aromatic carbocycles. The summed E-state index contributed by atoms with van der Waals surface area (Å²) in [5, 5.41) is 11.5. The second-order valence-electron chi connectivity index (χ2n) is 5.84. The number of aryl methyl sites for hydroxylation is 1. The van der Waals surface area contributed by atoms with Crippen LogP contribution in [0.2, 0.25) is 0 Å². The molecule has 0 fully saturated rings. The van der Waals surface area contributed by atoms with E-state index in [4.69, 9.17) is 5.11 Å². The van der Waals surface area contributed by atoms with Crippen molar-refractivity contribution in [3.05, 3.63) is 35.4 Å². The molecular weight excluding hydrogens is 296 g/mol. The third kappa shape index (κ3) is 6.50. The lowest BCUT2D eigenvalue weighted by Crippen LogP contribution is -2.38. The number of amides is 2. The molecule has 126 valence electrons. The molecule has 0 unspecified atom stereocenters. The summed E-state index contributed by atoms with van der Waals surface area (Å²) in [6, 6.07) is 7.08. The zero-order valence-corrected chi connectivity index (χ0v) is 13.8. The van der Waals surface area contributed by atoms with Gasteiger partial charge in [-0.05, 0) is 30.0 Å². The molecule has 1 rings (SSSR count). The Bertz CT molecular complexity index is 569. The number of carbonyl (C=O) groups is 3. The molecule has 1 aromatic rings. The maximum absolute atomic E-state index is 12.2. The van der Waals surface area contributed by atoms with Gasteiger partial charge in [-0.1, -0.05) is 26.0 Å². The van der Waals surface area contributed by atoms with Crippen molar-refractivity contribution >= 4 is 17.8 Å². The summed E-state index contributed by atoms with van der Waals surface area (Å²) in [5.41, 5.74) is 1.42. The summed E-state index contributed by atoms with van der Waals surface area (Å²) in [6.45, 7) is 4.02. The van der Waals surface area contributed by atoms with Crippen LogP contribution in [0.4, 0.5) is 0 Å². The van der Waals surface area contributed by atoms with Gasteiger partial charge in [0.05, 0.1) is 0 Å². The average Bonchev–Trinajstić information content (AvgIpc) is 2.50. The lowest BCUT2D eigenvalue weighted by Gasteiger charge is -2.22. The number of carboxylic acid groups (broad SMARTS) is 1. The number of nitrogens with one attached hydrogen (secondary N) is 1. The van der Waals surface area contributed by atoms with E-state index in [-0.39, 0.29) is 30.7 Å². The Morgan fingerprint density at radius 1 is 1.26 bits per heavy atom. The highest BCUT2D eigenvalue weighted by molar-refractivity contribution is 5.94. The molecule has 0 aliphatic carbocycles. The quantitative estimate of drug-likeness (QED) is 0.761. The largest absolute Gasteiger partial charge is 0.480 e. The SMILES string of the molecule is CNC(=O)c1cccc(CCC(=O)N(CC(=O)O)CC(C)C)c1. The van der Waals surface area contributed by atoms with E-state index in [1.807, 2.05) is 19.9 Å². The van der Waals surface area contributed by atoms with Gasteiger partial charge in [0, 0.05) is 25.6 Å². The van der Waals surface area contributed by atoms with Crippen molar-refractivity contribution in [1.29, 1.82) is 0 Å². The van der Waals surface area contributed by atoms with Gasteiger partial charge in [0.1, 0.15) is 6.54 Å². The van der Waals surface area contributed by atoms with Gasteiger partial charge >= 0.3 is 5.97 Å². The van der Waals surface area contributed by atoms with E-state index in [1.54, 1.807) is 25.2 Å². The summed E-state index contributed by atoms with van der Waals surface area (Å²) in [7, 11) is 1.56. The van der Waals surface area contributed by atoms with Gasteiger partial charge in [0.25, 0.3) is 5.91 Å². The minimum absolute atomic E-state index is 0.175. The second-order valence-corrected chi connectivity index (χ2v) is 5.84. The van der Waals surface area contributed by atoms with Crippen molar-refractivity contribution in [3.8, 4) is 0 Å². The molecule has 0 aromatic heterocycles. The standard InChI is InChI=1S/C17H24N2O4/c1-12(2)10-19(11-16(21)22)15(20)8-7-13-5-4-6-14(9-13)17(23)18-3/h4-6,9,12H,7-8,10-11H2,1-3H3,(H,18,23)(H,21,22). The van der Waals surface area contributed by atoms with E-state index < -0.39 is 5.97 Å². The smallest absolute Gasteiger partial charge is 0.323 e. The summed E-state index contributed by atoms with van der Waals surface area (Å²) >= 11 is 0. The monoisotopic (exact) mass is 320 g/mol. The van der Waals surface area contributed by atoms with Crippen LogP contribution in [0, 0.1) is 5.92 Å². The van der Waals surface area contributed by atoms with Crippen molar-refractivity contribution in [2.45, 2.75) is 26.7 Å². The number of rotatable bonds is 8. The molecule has 0 saturated heterocycles. The first-order valence-corrected chi connectivity index (χ1v) is 7.64. The maximum atomic E-state index is 12.2. The Labute approximate surface area is 136 Å². The van der Waals surface area contributed by atoms with Gasteiger partial charge in [0.15, 0.2) is 0 Å². The number of hydrogen-bond acceptors (Lipinski definition) is 3. The van der Waals surface area contributed by atoms with Crippen molar-refractivity contribution in [2.75, 3.05) is 20.1 Å². The molecule has 0 aliphatic rings. The van der Waals surface area contributed by atoms with E-state index in [0.29, 0.717) is 18.5 Å². The number of benzene rings is 1. The van der Waals surface area contributed by atoms with Gasteiger partial charge in [-0.2, -0.15) is 0 Å². The number of hydrogen-bond donors (Lipinski definition) is 2. The van der Waals surface area contributed by atoms with E-state index in [0.717, 1.165) is 5.56 Å². The van der Waals surface area contributed by atoms with Crippen LogP contribution in [-0.2, 0) is 16.0 Å². The highest BCUT2D eigenvalue weighted by Crippen LogP contribution is 2.10. The molecule has 0 radical (unpaired) electrons. The summed E-state index contributed by atoms with van der Waals surface area (Å²) < 4.78 is 0. The summed E-state index contributed by atoms with van der Waals surface area (Å²) in [5.74, 6) is -1.17. The molecule has 0 atom stereocenters. The number of nitrogens with zero attached hydrogens (tertiary/aromatic N) is 1. The number of aliphatic carboxylic acids is 1. The fraction of sp³-hybridized carbons (Fsp3) is 0.471. The lowest BCUT2D eigenvalue weighted by molar-refractivity contribution is -0.144. The number of carboxylic acids is 1. The Balaban J connectivity index is 2.69. The Morgan fingerprint density at radius 3 is 2.52 bits per heavy atom.